The zero-order chi connectivity index (χ0) is 27.6. The minimum absolute atomic E-state index is 0.179. The molecule has 0 aliphatic heterocycles. The van der Waals surface area contributed by atoms with Gasteiger partial charge in [-0.3, -0.25) is 9.78 Å². The maximum Gasteiger partial charge on any atom is 0.252 e. The van der Waals surface area contributed by atoms with Crippen LogP contribution in [0.5, 0.6) is 0 Å². The van der Waals surface area contributed by atoms with Gasteiger partial charge < -0.3 is 10.6 Å². The van der Waals surface area contributed by atoms with E-state index in [0.717, 1.165) is 28.1 Å². The van der Waals surface area contributed by atoms with Crippen LogP contribution in [0.15, 0.2) is 139 Å². The third kappa shape index (κ3) is 7.40. The Morgan fingerprint density at radius 2 is 1.12 bits per heavy atom. The maximum atomic E-state index is 11.2. The highest BCUT2D eigenvalue weighted by molar-refractivity contribution is 6.29. The van der Waals surface area contributed by atoms with Crippen molar-refractivity contribution in [3.8, 4) is 22.3 Å². The van der Waals surface area contributed by atoms with Crippen LogP contribution in [0.3, 0.4) is 0 Å². The van der Waals surface area contributed by atoms with E-state index in [1.807, 2.05) is 72.8 Å². The molecule has 196 valence electrons. The molecule has 8 heteroatoms. The van der Waals surface area contributed by atoms with Gasteiger partial charge in [0, 0.05) is 29.8 Å². The number of halogens is 1. The molecule has 3 N–H and O–H groups in total. The van der Waals surface area contributed by atoms with Gasteiger partial charge in [0.15, 0.2) is 0 Å². The van der Waals surface area contributed by atoms with Crippen molar-refractivity contribution in [3.63, 3.8) is 0 Å². The summed E-state index contributed by atoms with van der Waals surface area (Å²) in [5.41, 5.74) is 6.18. The van der Waals surface area contributed by atoms with E-state index in [4.69, 9.17) is 11.6 Å². The Balaban J connectivity index is 0.000000161. The number of aromatic amines is 1. The Kier molecular flexibility index (Phi) is 8.56. The number of nitrogens with one attached hydrogen (secondary N) is 3. The van der Waals surface area contributed by atoms with Crippen molar-refractivity contribution in [1.29, 1.82) is 0 Å². The lowest BCUT2D eigenvalue weighted by Gasteiger charge is -2.07. The molecule has 6 aromatic rings. The monoisotopic (exact) mass is 544 g/mol. The third-order valence-corrected chi connectivity index (χ3v) is 5.96. The highest BCUT2D eigenvalue weighted by Gasteiger charge is 2.02. The lowest BCUT2D eigenvalue weighted by molar-refractivity contribution is 1.12. The van der Waals surface area contributed by atoms with Gasteiger partial charge in [-0.05, 0) is 52.6 Å². The molecule has 0 unspecified atom stereocenters. The number of anilines is 4. The van der Waals surface area contributed by atoms with E-state index in [0.29, 0.717) is 17.0 Å². The quantitative estimate of drug-likeness (QED) is 0.186. The molecule has 7 nitrogen and oxygen atoms in total. The molecule has 0 radical (unpaired) electrons. The van der Waals surface area contributed by atoms with Crippen molar-refractivity contribution < 1.29 is 0 Å². The van der Waals surface area contributed by atoms with Crippen LogP contribution in [0.1, 0.15) is 0 Å². The largest absolute Gasteiger partial charge is 0.326 e. The molecule has 0 amide bonds. The fourth-order valence-corrected chi connectivity index (χ4v) is 4.05. The minimum Gasteiger partial charge on any atom is -0.326 e. The molecule has 0 atom stereocenters. The summed E-state index contributed by atoms with van der Waals surface area (Å²) in [6.07, 6.45) is 3.10. The standard InChI is InChI=1S/C16H12ClN3.C16H13N3O/c17-15-9-10-18-16(20-15)19-14-8-4-7-13(11-14)12-5-2-1-3-6-12;20-15-9-10-17-16(19-15)18-14-8-4-7-13(11-14)12-5-2-1-3-6-12/h1-11H,(H,18,19,20);1-11H,(H2,17,18,19,20). The fourth-order valence-electron chi connectivity index (χ4n) is 3.91. The van der Waals surface area contributed by atoms with Crippen LogP contribution in [0.25, 0.3) is 22.3 Å². The summed E-state index contributed by atoms with van der Waals surface area (Å²) in [5, 5.41) is 6.65. The van der Waals surface area contributed by atoms with Gasteiger partial charge >= 0.3 is 0 Å². The number of hydrogen-bond donors (Lipinski definition) is 3. The molecule has 2 aromatic heterocycles. The van der Waals surface area contributed by atoms with Crippen molar-refractivity contribution in [3.05, 3.63) is 149 Å². The summed E-state index contributed by atoms with van der Waals surface area (Å²) in [7, 11) is 0. The highest BCUT2D eigenvalue weighted by Crippen LogP contribution is 2.24. The molecule has 0 spiro atoms. The van der Waals surface area contributed by atoms with Gasteiger partial charge in [0.2, 0.25) is 11.9 Å². The highest BCUT2D eigenvalue weighted by atomic mass is 35.5. The fraction of sp³-hybridized carbons (Fsp3) is 0. The molecule has 0 aliphatic rings. The third-order valence-electron chi connectivity index (χ3n) is 5.75. The second kappa shape index (κ2) is 13.0. The molecule has 0 bridgehead atoms. The molecular formula is C32H25ClN6O. The van der Waals surface area contributed by atoms with Crippen LogP contribution in [0, 0.1) is 0 Å². The molecule has 6 rings (SSSR count). The molecule has 0 saturated carbocycles. The maximum absolute atomic E-state index is 11.2. The Hall–Kier alpha value is -5.27. The first-order valence-electron chi connectivity index (χ1n) is 12.5. The number of benzene rings is 4. The van der Waals surface area contributed by atoms with E-state index in [1.165, 1.54) is 17.8 Å². The summed E-state index contributed by atoms with van der Waals surface area (Å²) >= 11 is 5.85. The van der Waals surface area contributed by atoms with Crippen molar-refractivity contribution in [1.82, 2.24) is 19.9 Å². The molecule has 0 fully saturated rings. The topological polar surface area (TPSA) is 95.6 Å². The Morgan fingerprint density at radius 1 is 0.575 bits per heavy atom. The van der Waals surface area contributed by atoms with Crippen LogP contribution in [0.4, 0.5) is 23.3 Å². The van der Waals surface area contributed by atoms with Crippen LogP contribution < -0.4 is 16.2 Å². The van der Waals surface area contributed by atoms with Gasteiger partial charge in [-0.2, -0.15) is 0 Å². The van der Waals surface area contributed by atoms with Gasteiger partial charge in [-0.1, -0.05) is 96.5 Å². The molecule has 4 aromatic carbocycles. The summed E-state index contributed by atoms with van der Waals surface area (Å²) in [5.74, 6) is 0.922. The van der Waals surface area contributed by atoms with Crippen LogP contribution in [0.2, 0.25) is 5.15 Å². The number of aromatic nitrogens is 4. The normalized spacial score (nSPS) is 10.2. The molecule has 40 heavy (non-hydrogen) atoms. The van der Waals surface area contributed by atoms with E-state index >= 15 is 0 Å². The number of hydrogen-bond acceptors (Lipinski definition) is 6. The van der Waals surface area contributed by atoms with Crippen molar-refractivity contribution in [2.45, 2.75) is 0 Å². The van der Waals surface area contributed by atoms with Crippen LogP contribution in [-0.4, -0.2) is 19.9 Å². The molecular weight excluding hydrogens is 520 g/mol. The molecule has 0 aliphatic carbocycles. The summed E-state index contributed by atoms with van der Waals surface area (Å²) in [6.45, 7) is 0. The number of H-pyrrole nitrogens is 1. The van der Waals surface area contributed by atoms with E-state index in [-0.39, 0.29) is 5.56 Å². The smallest absolute Gasteiger partial charge is 0.252 e. The van der Waals surface area contributed by atoms with Crippen molar-refractivity contribution in [2.24, 2.45) is 0 Å². The zero-order valence-corrected chi connectivity index (χ0v) is 22.1. The first-order valence-corrected chi connectivity index (χ1v) is 12.9. The summed E-state index contributed by atoms with van der Waals surface area (Å²) in [6, 6.07) is 39.4. The van der Waals surface area contributed by atoms with Gasteiger partial charge in [0.1, 0.15) is 5.15 Å². The summed E-state index contributed by atoms with van der Waals surface area (Å²) in [4.78, 5) is 26.2. The van der Waals surface area contributed by atoms with Gasteiger partial charge in [-0.15, -0.1) is 0 Å². The first kappa shape index (κ1) is 26.3. The first-order chi connectivity index (χ1) is 19.6. The lowest BCUT2D eigenvalue weighted by atomic mass is 10.1. The van der Waals surface area contributed by atoms with Gasteiger partial charge in [0.05, 0.1) is 0 Å². The number of rotatable bonds is 6. The average molecular weight is 545 g/mol. The Morgan fingerprint density at radius 3 is 1.70 bits per heavy atom. The summed E-state index contributed by atoms with van der Waals surface area (Å²) < 4.78 is 0. The zero-order valence-electron chi connectivity index (χ0n) is 21.3. The van der Waals surface area contributed by atoms with Crippen LogP contribution >= 0.6 is 11.6 Å². The van der Waals surface area contributed by atoms with E-state index < -0.39 is 0 Å². The SMILES string of the molecule is Clc1ccnc(Nc2cccc(-c3ccccc3)c2)n1.O=c1ccnc(Nc2cccc(-c3ccccc3)c2)[nH]1. The Labute approximate surface area is 236 Å². The van der Waals surface area contributed by atoms with Crippen molar-refractivity contribution in [2.75, 3.05) is 10.6 Å². The second-order valence-electron chi connectivity index (χ2n) is 8.63. The predicted octanol–water partition coefficient (Wildman–Crippen LogP) is 7.72. The van der Waals surface area contributed by atoms with Crippen LogP contribution in [-0.2, 0) is 0 Å². The lowest BCUT2D eigenvalue weighted by Crippen LogP contribution is -2.08. The molecule has 0 saturated heterocycles. The van der Waals surface area contributed by atoms with Gasteiger partial charge in [-0.25, -0.2) is 15.0 Å². The average Bonchev–Trinajstić information content (AvgIpc) is 2.99. The molecule has 2 heterocycles. The van der Waals surface area contributed by atoms with E-state index in [2.05, 4.69) is 67.0 Å². The second-order valence-corrected chi connectivity index (χ2v) is 9.02. The van der Waals surface area contributed by atoms with E-state index in [9.17, 15) is 4.79 Å². The minimum atomic E-state index is -0.179. The Bertz CT molecular complexity index is 1740. The van der Waals surface area contributed by atoms with Crippen molar-refractivity contribution >= 4 is 34.9 Å². The number of nitrogens with zero attached hydrogens (tertiary/aromatic N) is 3. The van der Waals surface area contributed by atoms with Gasteiger partial charge in [0.25, 0.3) is 5.56 Å². The predicted molar refractivity (Wildman–Crippen MR) is 162 cm³/mol. The van der Waals surface area contributed by atoms with E-state index in [1.54, 1.807) is 12.3 Å².